The Morgan fingerprint density at radius 3 is 2.81 bits per heavy atom. The minimum atomic E-state index is -2.79. The molecule has 1 fully saturated rings. The number of benzene rings is 1. The molecule has 3 rings (SSSR count). The summed E-state index contributed by atoms with van der Waals surface area (Å²) in [7, 11) is 1.99. The molecule has 2 aliphatic rings. The average Bonchev–Trinajstić information content (AvgIpc) is 3.05. The van der Waals surface area contributed by atoms with Gasteiger partial charge in [0.1, 0.15) is 5.75 Å². The molecule has 1 heterocycles. The number of hydrogen-bond donors (Lipinski definition) is 1. The molecule has 1 saturated carbocycles. The molecule has 0 bridgehead atoms. The van der Waals surface area contributed by atoms with E-state index in [-0.39, 0.29) is 41.7 Å². The number of rotatable bonds is 4. The van der Waals surface area contributed by atoms with E-state index in [1.807, 2.05) is 19.2 Å². The van der Waals surface area contributed by atoms with Crippen molar-refractivity contribution in [2.45, 2.75) is 25.0 Å². The number of nitrogens with one attached hydrogen (secondary N) is 1. The Balaban J connectivity index is 0.00000161. The summed E-state index contributed by atoms with van der Waals surface area (Å²) in [5, 5.41) is 3.36. The molecule has 0 aromatic heterocycles. The number of likely N-dealkylation sites (N-methyl/N-ethyl adjacent to an activating group) is 1. The van der Waals surface area contributed by atoms with Crippen LogP contribution in [0, 0.1) is 0 Å². The van der Waals surface area contributed by atoms with Gasteiger partial charge in [-0.25, -0.2) is 0 Å². The van der Waals surface area contributed by atoms with E-state index in [1.165, 1.54) is 0 Å². The predicted molar refractivity (Wildman–Crippen MR) is 87.7 cm³/mol. The molecule has 116 valence electrons. The third-order valence-electron chi connectivity index (χ3n) is 3.70. The average molecular weight is 409 g/mol. The normalized spacial score (nSPS) is 23.6. The fourth-order valence-corrected chi connectivity index (χ4v) is 2.54. The van der Waals surface area contributed by atoms with E-state index in [2.05, 4.69) is 19.9 Å². The lowest BCUT2D eigenvalue weighted by atomic mass is 10.1. The fourth-order valence-electron chi connectivity index (χ4n) is 2.54. The molecule has 1 aliphatic carbocycles. The molecule has 0 saturated heterocycles. The monoisotopic (exact) mass is 409 g/mol. The standard InChI is InChI=1S/C14H17F2N3O.HI/c1-19-7-6-17-14(19)18-11-8-10(11)9-4-2-3-5-12(9)20-13(15)16;/h2-5,10-11,13H,6-8H2,1H3,(H,17,18);1H/t10-,11+;/m1./s1. The lowest BCUT2D eigenvalue weighted by Crippen LogP contribution is -2.37. The highest BCUT2D eigenvalue weighted by atomic mass is 127. The van der Waals surface area contributed by atoms with Crippen LogP contribution in [0.4, 0.5) is 8.78 Å². The molecular weight excluding hydrogens is 391 g/mol. The van der Waals surface area contributed by atoms with Gasteiger partial charge >= 0.3 is 6.61 Å². The van der Waals surface area contributed by atoms with E-state index >= 15 is 0 Å². The third kappa shape index (κ3) is 3.75. The third-order valence-corrected chi connectivity index (χ3v) is 3.70. The Labute approximate surface area is 139 Å². The molecule has 0 amide bonds. The second-order valence-corrected chi connectivity index (χ2v) is 5.14. The summed E-state index contributed by atoms with van der Waals surface area (Å²) < 4.78 is 29.4. The number of alkyl halides is 2. The molecule has 4 nitrogen and oxygen atoms in total. The van der Waals surface area contributed by atoms with E-state index in [9.17, 15) is 8.78 Å². The molecule has 0 radical (unpaired) electrons. The summed E-state index contributed by atoms with van der Waals surface area (Å²) in [5.41, 5.74) is 0.839. The largest absolute Gasteiger partial charge is 0.435 e. The smallest absolute Gasteiger partial charge is 0.387 e. The minimum Gasteiger partial charge on any atom is -0.435 e. The second kappa shape index (κ2) is 6.76. The van der Waals surface area contributed by atoms with Gasteiger partial charge in [0.25, 0.3) is 0 Å². The van der Waals surface area contributed by atoms with Gasteiger partial charge in [-0.3, -0.25) is 4.99 Å². The van der Waals surface area contributed by atoms with Crippen molar-refractivity contribution >= 4 is 29.9 Å². The quantitative estimate of drug-likeness (QED) is 0.778. The maximum Gasteiger partial charge on any atom is 0.387 e. The van der Waals surface area contributed by atoms with Crippen LogP contribution in [0.25, 0.3) is 0 Å². The Morgan fingerprint density at radius 2 is 2.14 bits per heavy atom. The van der Waals surface area contributed by atoms with Crippen LogP contribution in [0.15, 0.2) is 29.3 Å². The Bertz CT molecular complexity index is 527. The van der Waals surface area contributed by atoms with Crippen molar-refractivity contribution < 1.29 is 13.5 Å². The maximum atomic E-state index is 12.4. The zero-order valence-electron chi connectivity index (χ0n) is 11.6. The highest BCUT2D eigenvalue weighted by molar-refractivity contribution is 14.0. The van der Waals surface area contributed by atoms with Crippen LogP contribution in [0.2, 0.25) is 0 Å². The molecule has 0 spiro atoms. The number of hydrogen-bond acceptors (Lipinski definition) is 4. The first-order valence-corrected chi connectivity index (χ1v) is 6.71. The summed E-state index contributed by atoms with van der Waals surface area (Å²) in [6.07, 6.45) is 0.913. The van der Waals surface area contributed by atoms with Gasteiger partial charge in [-0.05, 0) is 18.1 Å². The van der Waals surface area contributed by atoms with Gasteiger partial charge in [0.15, 0.2) is 5.96 Å². The van der Waals surface area contributed by atoms with Crippen molar-refractivity contribution in [3.05, 3.63) is 29.8 Å². The van der Waals surface area contributed by atoms with E-state index in [4.69, 9.17) is 0 Å². The van der Waals surface area contributed by atoms with Gasteiger partial charge in [-0.15, -0.1) is 24.0 Å². The lowest BCUT2D eigenvalue weighted by Gasteiger charge is -2.15. The van der Waals surface area contributed by atoms with Crippen LogP contribution in [0.1, 0.15) is 17.9 Å². The summed E-state index contributed by atoms with van der Waals surface area (Å²) in [5.74, 6) is 1.38. The molecule has 1 aromatic carbocycles. The van der Waals surface area contributed by atoms with Crippen molar-refractivity contribution in [2.75, 3.05) is 20.1 Å². The summed E-state index contributed by atoms with van der Waals surface area (Å²) in [6, 6.07) is 7.25. The Hall–Kier alpha value is -1.12. The second-order valence-electron chi connectivity index (χ2n) is 5.14. The number of aliphatic imine (C=N–C) groups is 1. The zero-order valence-corrected chi connectivity index (χ0v) is 14.0. The molecule has 21 heavy (non-hydrogen) atoms. The minimum absolute atomic E-state index is 0. The number of ether oxygens (including phenoxy) is 1. The zero-order chi connectivity index (χ0) is 14.1. The predicted octanol–water partition coefficient (Wildman–Crippen LogP) is 2.65. The molecule has 0 unspecified atom stereocenters. The van der Waals surface area contributed by atoms with Crippen LogP contribution in [-0.4, -0.2) is 43.6 Å². The fraction of sp³-hybridized carbons (Fsp3) is 0.500. The molecule has 2 atom stereocenters. The van der Waals surface area contributed by atoms with Gasteiger partial charge in [0, 0.05) is 25.6 Å². The maximum absolute atomic E-state index is 12.4. The van der Waals surface area contributed by atoms with E-state index in [0.29, 0.717) is 0 Å². The van der Waals surface area contributed by atoms with Gasteiger partial charge in [0.05, 0.1) is 6.54 Å². The highest BCUT2D eigenvalue weighted by Crippen LogP contribution is 2.45. The van der Waals surface area contributed by atoms with E-state index in [1.54, 1.807) is 12.1 Å². The first-order valence-electron chi connectivity index (χ1n) is 6.71. The Morgan fingerprint density at radius 1 is 1.38 bits per heavy atom. The Kier molecular flexibility index (Phi) is 5.23. The van der Waals surface area contributed by atoms with Crippen LogP contribution in [0.3, 0.4) is 0 Å². The number of para-hydroxylation sites is 1. The van der Waals surface area contributed by atoms with Crippen molar-refractivity contribution in [1.82, 2.24) is 10.2 Å². The number of nitrogens with zero attached hydrogens (tertiary/aromatic N) is 2. The van der Waals surface area contributed by atoms with Crippen LogP contribution < -0.4 is 10.1 Å². The molecular formula is C14H18F2IN3O. The lowest BCUT2D eigenvalue weighted by molar-refractivity contribution is -0.0504. The van der Waals surface area contributed by atoms with Gasteiger partial charge in [-0.1, -0.05) is 18.2 Å². The number of guanidine groups is 1. The molecule has 7 heteroatoms. The van der Waals surface area contributed by atoms with Crippen molar-refractivity contribution in [2.24, 2.45) is 4.99 Å². The van der Waals surface area contributed by atoms with Gasteiger partial charge < -0.3 is 15.0 Å². The first-order chi connectivity index (χ1) is 9.65. The van der Waals surface area contributed by atoms with Crippen LogP contribution >= 0.6 is 24.0 Å². The topological polar surface area (TPSA) is 36.9 Å². The van der Waals surface area contributed by atoms with Crippen molar-refractivity contribution in [3.8, 4) is 5.75 Å². The summed E-state index contributed by atoms with van der Waals surface area (Å²) in [4.78, 5) is 6.44. The van der Waals surface area contributed by atoms with Crippen molar-refractivity contribution in [1.29, 1.82) is 0 Å². The first kappa shape index (κ1) is 16.3. The summed E-state index contributed by atoms with van der Waals surface area (Å²) >= 11 is 0. The number of halogens is 3. The SMILES string of the molecule is CN1CCN=C1N[C@H]1C[C@@H]1c1ccccc1OC(F)F.I. The van der Waals surface area contributed by atoms with E-state index in [0.717, 1.165) is 31.0 Å². The van der Waals surface area contributed by atoms with Gasteiger partial charge in [0.2, 0.25) is 0 Å². The summed E-state index contributed by atoms with van der Waals surface area (Å²) in [6.45, 7) is -1.06. The molecule has 1 aromatic rings. The molecule has 1 aliphatic heterocycles. The molecule has 1 N–H and O–H groups in total. The van der Waals surface area contributed by atoms with Crippen molar-refractivity contribution in [3.63, 3.8) is 0 Å². The van der Waals surface area contributed by atoms with E-state index < -0.39 is 6.61 Å². The van der Waals surface area contributed by atoms with Crippen LogP contribution in [0.5, 0.6) is 5.75 Å². The van der Waals surface area contributed by atoms with Gasteiger partial charge in [-0.2, -0.15) is 8.78 Å². The van der Waals surface area contributed by atoms with Crippen LogP contribution in [-0.2, 0) is 0 Å². The highest BCUT2D eigenvalue weighted by Gasteiger charge is 2.41.